The highest BCUT2D eigenvalue weighted by Gasteiger charge is 2.30. The van der Waals surface area contributed by atoms with Crippen LogP contribution in [0.15, 0.2) is 40.9 Å². The van der Waals surface area contributed by atoms with Crippen LogP contribution in [0.3, 0.4) is 0 Å². The van der Waals surface area contributed by atoms with Gasteiger partial charge in [-0.3, -0.25) is 0 Å². The van der Waals surface area contributed by atoms with Crippen molar-refractivity contribution >= 4 is 27.0 Å². The van der Waals surface area contributed by atoms with Crippen molar-refractivity contribution in [3.05, 3.63) is 52.0 Å². The Morgan fingerprint density at radius 2 is 1.86 bits per heavy atom. The van der Waals surface area contributed by atoms with Crippen LogP contribution in [0.1, 0.15) is 11.1 Å². The molecule has 108 valence electrons. The Morgan fingerprint density at radius 1 is 1.10 bits per heavy atom. The van der Waals surface area contributed by atoms with Crippen molar-refractivity contribution in [2.75, 3.05) is 0 Å². The monoisotopic (exact) mass is 354 g/mol. The predicted molar refractivity (Wildman–Crippen MR) is 79.0 cm³/mol. The highest BCUT2D eigenvalue weighted by atomic mass is 79.9. The molecule has 3 aromatic rings. The van der Waals surface area contributed by atoms with E-state index in [-0.39, 0.29) is 0 Å². The van der Waals surface area contributed by atoms with Crippen LogP contribution in [0, 0.1) is 6.92 Å². The second kappa shape index (κ2) is 4.87. The number of alkyl halides is 3. The summed E-state index contributed by atoms with van der Waals surface area (Å²) in [7, 11) is 0. The van der Waals surface area contributed by atoms with Crippen molar-refractivity contribution in [3.8, 4) is 11.4 Å². The maximum Gasteiger partial charge on any atom is 0.416 e. The second-order valence-electron chi connectivity index (χ2n) is 4.83. The molecule has 0 saturated heterocycles. The van der Waals surface area contributed by atoms with Crippen LogP contribution in [0.5, 0.6) is 0 Å². The molecule has 0 saturated carbocycles. The molecule has 0 atom stereocenters. The minimum Gasteiger partial charge on any atom is -0.338 e. The fourth-order valence-electron chi connectivity index (χ4n) is 2.20. The van der Waals surface area contributed by atoms with Crippen LogP contribution in [-0.2, 0) is 6.18 Å². The molecule has 0 aliphatic carbocycles. The number of rotatable bonds is 1. The maximum atomic E-state index is 12.7. The number of nitrogens with zero attached hydrogens (tertiary/aromatic N) is 1. The maximum absolute atomic E-state index is 12.7. The standard InChI is InChI=1S/C15H10BrF3N2/c1-8-4-9(6-11(16)5-8)14-20-12-3-2-10(15(17,18)19)7-13(12)21-14/h2-7H,1H3,(H,20,21). The van der Waals surface area contributed by atoms with Crippen LogP contribution in [0.25, 0.3) is 22.4 Å². The molecule has 3 rings (SSSR count). The van der Waals surface area contributed by atoms with Gasteiger partial charge in [0.2, 0.25) is 0 Å². The summed E-state index contributed by atoms with van der Waals surface area (Å²) in [6.45, 7) is 1.94. The van der Waals surface area contributed by atoms with E-state index in [0.29, 0.717) is 16.9 Å². The smallest absolute Gasteiger partial charge is 0.338 e. The summed E-state index contributed by atoms with van der Waals surface area (Å²) in [4.78, 5) is 7.29. The number of aryl methyl sites for hydroxylation is 1. The van der Waals surface area contributed by atoms with Gasteiger partial charge in [0.1, 0.15) is 5.82 Å². The molecule has 0 spiro atoms. The molecule has 2 nitrogen and oxygen atoms in total. The minimum atomic E-state index is -4.36. The fourth-order valence-corrected chi connectivity index (χ4v) is 2.80. The van der Waals surface area contributed by atoms with Crippen molar-refractivity contribution < 1.29 is 13.2 Å². The van der Waals surface area contributed by atoms with Gasteiger partial charge in [0.05, 0.1) is 16.6 Å². The van der Waals surface area contributed by atoms with E-state index in [1.165, 1.54) is 6.07 Å². The number of benzene rings is 2. The topological polar surface area (TPSA) is 28.7 Å². The Balaban J connectivity index is 2.13. The van der Waals surface area contributed by atoms with Gasteiger partial charge in [0.15, 0.2) is 0 Å². The van der Waals surface area contributed by atoms with Crippen molar-refractivity contribution in [1.82, 2.24) is 9.97 Å². The summed E-state index contributed by atoms with van der Waals surface area (Å²) in [5, 5.41) is 0. The summed E-state index contributed by atoms with van der Waals surface area (Å²) in [6, 6.07) is 9.25. The van der Waals surface area contributed by atoms with Crippen LogP contribution in [-0.4, -0.2) is 9.97 Å². The average molecular weight is 355 g/mol. The molecule has 0 aliphatic rings. The van der Waals surface area contributed by atoms with Gasteiger partial charge >= 0.3 is 6.18 Å². The number of H-pyrrole nitrogens is 1. The number of halogens is 4. The lowest BCUT2D eigenvalue weighted by molar-refractivity contribution is -0.137. The lowest BCUT2D eigenvalue weighted by Crippen LogP contribution is -2.04. The third kappa shape index (κ3) is 2.81. The largest absolute Gasteiger partial charge is 0.416 e. The van der Waals surface area contributed by atoms with Crippen molar-refractivity contribution in [2.24, 2.45) is 0 Å². The lowest BCUT2D eigenvalue weighted by Gasteiger charge is -2.05. The molecule has 0 radical (unpaired) electrons. The predicted octanol–water partition coefficient (Wildman–Crippen LogP) is 5.32. The summed E-state index contributed by atoms with van der Waals surface area (Å²) in [5.41, 5.74) is 2.06. The molecule has 0 unspecified atom stereocenters. The second-order valence-corrected chi connectivity index (χ2v) is 5.75. The molecule has 6 heteroatoms. The van der Waals surface area contributed by atoms with Gasteiger partial charge in [-0.15, -0.1) is 0 Å². The third-order valence-electron chi connectivity index (χ3n) is 3.12. The number of nitrogens with one attached hydrogen (secondary N) is 1. The van der Waals surface area contributed by atoms with E-state index in [2.05, 4.69) is 25.9 Å². The summed E-state index contributed by atoms with van der Waals surface area (Å²) >= 11 is 3.40. The van der Waals surface area contributed by atoms with E-state index in [0.717, 1.165) is 27.7 Å². The number of aromatic amines is 1. The van der Waals surface area contributed by atoms with Gasteiger partial charge in [0, 0.05) is 10.0 Å². The van der Waals surface area contributed by atoms with Gasteiger partial charge in [-0.2, -0.15) is 13.2 Å². The number of imidazole rings is 1. The molecule has 1 heterocycles. The number of aromatic nitrogens is 2. The van der Waals surface area contributed by atoms with Gasteiger partial charge in [-0.1, -0.05) is 15.9 Å². The zero-order valence-corrected chi connectivity index (χ0v) is 12.5. The van der Waals surface area contributed by atoms with Crippen LogP contribution >= 0.6 is 15.9 Å². The first-order valence-corrected chi connectivity index (χ1v) is 6.97. The number of hydrogen-bond donors (Lipinski definition) is 1. The normalized spacial score (nSPS) is 12.0. The van der Waals surface area contributed by atoms with Crippen molar-refractivity contribution in [1.29, 1.82) is 0 Å². The van der Waals surface area contributed by atoms with E-state index >= 15 is 0 Å². The van der Waals surface area contributed by atoms with E-state index in [1.54, 1.807) is 0 Å². The molecule has 0 aliphatic heterocycles. The number of fused-ring (bicyclic) bond motifs is 1. The highest BCUT2D eigenvalue weighted by molar-refractivity contribution is 9.10. The quantitative estimate of drug-likeness (QED) is 0.629. The molecule has 0 bridgehead atoms. The van der Waals surface area contributed by atoms with Gasteiger partial charge in [-0.05, 0) is 48.9 Å². The van der Waals surface area contributed by atoms with Gasteiger partial charge < -0.3 is 4.98 Å². The highest BCUT2D eigenvalue weighted by Crippen LogP contribution is 2.32. The summed E-state index contributed by atoms with van der Waals surface area (Å²) < 4.78 is 39.0. The molecule has 0 amide bonds. The number of hydrogen-bond acceptors (Lipinski definition) is 1. The van der Waals surface area contributed by atoms with Gasteiger partial charge in [-0.25, -0.2) is 4.98 Å². The first kappa shape index (κ1) is 14.1. The minimum absolute atomic E-state index is 0.373. The van der Waals surface area contributed by atoms with Crippen molar-refractivity contribution in [3.63, 3.8) is 0 Å². The molecule has 0 fully saturated rings. The fraction of sp³-hybridized carbons (Fsp3) is 0.133. The molecule has 1 N–H and O–H groups in total. The summed E-state index contributed by atoms with van der Waals surface area (Å²) in [5.74, 6) is 0.550. The Hall–Kier alpha value is -1.82. The SMILES string of the molecule is Cc1cc(Br)cc(-c2nc3ccc(C(F)(F)F)cc3[nH]2)c1. The Kier molecular flexibility index (Phi) is 3.28. The molecular weight excluding hydrogens is 345 g/mol. The Bertz CT molecular complexity index is 801. The van der Waals surface area contributed by atoms with Crippen LogP contribution in [0.4, 0.5) is 13.2 Å². The Morgan fingerprint density at radius 3 is 2.52 bits per heavy atom. The Labute approximate surface area is 127 Å². The third-order valence-corrected chi connectivity index (χ3v) is 3.58. The van der Waals surface area contributed by atoms with Crippen LogP contribution < -0.4 is 0 Å². The van der Waals surface area contributed by atoms with Crippen molar-refractivity contribution in [2.45, 2.75) is 13.1 Å². The lowest BCUT2D eigenvalue weighted by atomic mass is 10.1. The van der Waals surface area contributed by atoms with E-state index in [1.807, 2.05) is 25.1 Å². The molecular formula is C15H10BrF3N2. The van der Waals surface area contributed by atoms with E-state index < -0.39 is 11.7 Å². The molecule has 1 aromatic heterocycles. The van der Waals surface area contributed by atoms with Crippen LogP contribution in [0.2, 0.25) is 0 Å². The zero-order valence-electron chi connectivity index (χ0n) is 10.9. The first-order valence-electron chi connectivity index (χ1n) is 6.17. The molecule has 2 aromatic carbocycles. The first-order chi connectivity index (χ1) is 9.83. The average Bonchev–Trinajstić information content (AvgIpc) is 2.79. The van der Waals surface area contributed by atoms with E-state index in [9.17, 15) is 13.2 Å². The molecule has 21 heavy (non-hydrogen) atoms. The van der Waals surface area contributed by atoms with E-state index in [4.69, 9.17) is 0 Å². The summed E-state index contributed by atoms with van der Waals surface area (Å²) in [6.07, 6.45) is -4.36. The zero-order chi connectivity index (χ0) is 15.2. The van der Waals surface area contributed by atoms with Gasteiger partial charge in [0.25, 0.3) is 0 Å².